The van der Waals surface area contributed by atoms with E-state index in [2.05, 4.69) is 0 Å². The number of aromatic hydroxyl groups is 1. The lowest BCUT2D eigenvalue weighted by Crippen LogP contribution is -1.96. The Hall–Kier alpha value is -3.61. The van der Waals surface area contributed by atoms with Crippen LogP contribution in [0.5, 0.6) is 28.7 Å². The molecule has 0 amide bonds. The summed E-state index contributed by atoms with van der Waals surface area (Å²) in [5.74, 6) is 0.820. The van der Waals surface area contributed by atoms with Gasteiger partial charge in [0.15, 0.2) is 28.8 Å². The minimum atomic E-state index is -0.432. The smallest absolute Gasteiger partial charge is 0.203 e. The molecule has 0 aliphatic carbocycles. The number of phenolic OH excluding ortho intramolecular Hbond substituents is 1. The fraction of sp³-hybridized carbons (Fsp3) is 0.190. The summed E-state index contributed by atoms with van der Waals surface area (Å²) in [5.41, 5.74) is 0.992. The van der Waals surface area contributed by atoms with E-state index in [0.717, 1.165) is 6.08 Å². The zero-order valence-corrected chi connectivity index (χ0v) is 16.1. The van der Waals surface area contributed by atoms with Crippen molar-refractivity contribution in [2.45, 2.75) is 0 Å². The highest BCUT2D eigenvalue weighted by molar-refractivity contribution is 6.05. The van der Waals surface area contributed by atoms with Gasteiger partial charge in [-0.1, -0.05) is 6.08 Å². The standard InChI is InChI=1S/C21H22O7/c1-25-18-11-14(6-8-16(18)23)17(24)12-15(22)7-5-13-9-19(26-2)21(28-4)20(10-13)27-3/h5-12,23-24H,1-4H3/b7-5+,17-12?. The summed E-state index contributed by atoms with van der Waals surface area (Å²) in [7, 11) is 5.90. The number of carbonyl (C=O) groups excluding carboxylic acids is 1. The first-order valence-electron chi connectivity index (χ1n) is 8.23. The van der Waals surface area contributed by atoms with Crippen LogP contribution in [0.1, 0.15) is 11.1 Å². The molecule has 2 aromatic rings. The topological polar surface area (TPSA) is 94.5 Å². The van der Waals surface area contributed by atoms with Crippen molar-refractivity contribution >= 4 is 17.6 Å². The lowest BCUT2D eigenvalue weighted by atomic mass is 10.1. The van der Waals surface area contributed by atoms with E-state index in [1.54, 1.807) is 18.2 Å². The first-order valence-corrected chi connectivity index (χ1v) is 8.23. The van der Waals surface area contributed by atoms with E-state index in [4.69, 9.17) is 18.9 Å². The lowest BCUT2D eigenvalue weighted by Gasteiger charge is -2.12. The summed E-state index contributed by atoms with van der Waals surface area (Å²) in [6, 6.07) is 7.66. The van der Waals surface area contributed by atoms with Gasteiger partial charge in [0.2, 0.25) is 5.75 Å². The van der Waals surface area contributed by atoms with E-state index in [1.807, 2.05) is 0 Å². The van der Waals surface area contributed by atoms with Gasteiger partial charge >= 0.3 is 0 Å². The molecular formula is C21H22O7. The van der Waals surface area contributed by atoms with Crippen molar-refractivity contribution in [2.24, 2.45) is 0 Å². The third-order valence-corrected chi connectivity index (χ3v) is 3.88. The minimum Gasteiger partial charge on any atom is -0.507 e. The molecule has 0 atom stereocenters. The zero-order chi connectivity index (χ0) is 20.7. The van der Waals surface area contributed by atoms with Crippen molar-refractivity contribution in [3.05, 3.63) is 53.6 Å². The molecule has 7 heteroatoms. The van der Waals surface area contributed by atoms with E-state index >= 15 is 0 Å². The Morgan fingerprint density at radius 1 is 0.893 bits per heavy atom. The van der Waals surface area contributed by atoms with Gasteiger partial charge in [0.1, 0.15) is 5.76 Å². The number of aliphatic hydroxyl groups excluding tert-OH is 1. The Labute approximate surface area is 163 Å². The third kappa shape index (κ3) is 4.76. The monoisotopic (exact) mass is 386 g/mol. The molecule has 7 nitrogen and oxygen atoms in total. The molecule has 0 unspecified atom stereocenters. The number of allylic oxidation sites excluding steroid dienone is 2. The summed E-state index contributed by atoms with van der Waals surface area (Å²) >= 11 is 0. The Balaban J connectivity index is 2.24. The number of benzene rings is 2. The molecule has 0 aliphatic heterocycles. The Kier molecular flexibility index (Phi) is 6.92. The predicted molar refractivity (Wildman–Crippen MR) is 105 cm³/mol. The van der Waals surface area contributed by atoms with Crippen molar-refractivity contribution in [3.8, 4) is 28.7 Å². The molecule has 28 heavy (non-hydrogen) atoms. The molecule has 2 N–H and O–H groups in total. The number of hydrogen-bond donors (Lipinski definition) is 2. The van der Waals surface area contributed by atoms with Gasteiger partial charge in [0.05, 0.1) is 28.4 Å². The second-order valence-corrected chi connectivity index (χ2v) is 5.61. The molecule has 0 saturated heterocycles. The number of ether oxygens (including phenoxy) is 4. The number of phenols is 1. The van der Waals surface area contributed by atoms with Gasteiger partial charge in [-0.2, -0.15) is 0 Å². The van der Waals surface area contributed by atoms with E-state index in [1.165, 1.54) is 52.7 Å². The molecule has 0 saturated carbocycles. The molecule has 2 rings (SSSR count). The van der Waals surface area contributed by atoms with Gasteiger partial charge in [0.25, 0.3) is 0 Å². The molecule has 0 aliphatic rings. The van der Waals surface area contributed by atoms with Crippen molar-refractivity contribution in [1.82, 2.24) is 0 Å². The van der Waals surface area contributed by atoms with Crippen molar-refractivity contribution < 1.29 is 34.0 Å². The van der Waals surface area contributed by atoms with E-state index < -0.39 is 5.78 Å². The molecule has 0 bridgehead atoms. The maximum Gasteiger partial charge on any atom is 0.203 e. The molecule has 0 aromatic heterocycles. The van der Waals surface area contributed by atoms with Crippen LogP contribution in [0.15, 0.2) is 42.5 Å². The molecule has 2 aromatic carbocycles. The lowest BCUT2D eigenvalue weighted by molar-refractivity contribution is -0.110. The third-order valence-electron chi connectivity index (χ3n) is 3.88. The number of methoxy groups -OCH3 is 4. The first-order chi connectivity index (χ1) is 13.4. The number of ketones is 1. The molecule has 0 spiro atoms. The Bertz CT molecular complexity index is 888. The van der Waals surface area contributed by atoms with Gasteiger partial charge in [0, 0.05) is 11.6 Å². The average molecular weight is 386 g/mol. The van der Waals surface area contributed by atoms with Crippen molar-refractivity contribution in [2.75, 3.05) is 28.4 Å². The maximum absolute atomic E-state index is 12.2. The second kappa shape index (κ2) is 9.36. The highest BCUT2D eigenvalue weighted by Gasteiger charge is 2.12. The van der Waals surface area contributed by atoms with Gasteiger partial charge in [-0.15, -0.1) is 0 Å². The summed E-state index contributed by atoms with van der Waals surface area (Å²) in [4.78, 5) is 12.2. The zero-order valence-electron chi connectivity index (χ0n) is 16.1. The number of hydrogen-bond acceptors (Lipinski definition) is 7. The number of aliphatic hydroxyl groups is 1. The summed E-state index contributed by atoms with van der Waals surface area (Å²) in [6.45, 7) is 0. The van der Waals surface area contributed by atoms with Gasteiger partial charge < -0.3 is 29.2 Å². The van der Waals surface area contributed by atoms with Crippen LogP contribution in [0, 0.1) is 0 Å². The maximum atomic E-state index is 12.2. The fourth-order valence-corrected chi connectivity index (χ4v) is 2.48. The second-order valence-electron chi connectivity index (χ2n) is 5.61. The van der Waals surface area contributed by atoms with Crippen LogP contribution in [-0.4, -0.2) is 44.4 Å². The van der Waals surface area contributed by atoms with Crippen LogP contribution >= 0.6 is 0 Å². The highest BCUT2D eigenvalue weighted by Crippen LogP contribution is 2.38. The SMILES string of the molecule is COc1cc(C(O)=CC(=O)/C=C/c2cc(OC)c(OC)c(OC)c2)ccc1O. The van der Waals surface area contributed by atoms with Crippen LogP contribution < -0.4 is 18.9 Å². The molecule has 148 valence electrons. The molecule has 0 fully saturated rings. The highest BCUT2D eigenvalue weighted by atomic mass is 16.5. The predicted octanol–water partition coefficient (Wildman–Crippen LogP) is 3.61. The van der Waals surface area contributed by atoms with E-state index in [-0.39, 0.29) is 17.3 Å². The summed E-state index contributed by atoms with van der Waals surface area (Å²) < 4.78 is 20.8. The van der Waals surface area contributed by atoms with Crippen LogP contribution in [0.4, 0.5) is 0 Å². The molecule has 0 radical (unpaired) electrons. The quantitative estimate of drug-likeness (QED) is 0.529. The van der Waals surface area contributed by atoms with Gasteiger partial charge in [-0.05, 0) is 42.0 Å². The van der Waals surface area contributed by atoms with Gasteiger partial charge in [-0.25, -0.2) is 0 Å². The molecule has 0 heterocycles. The Morgan fingerprint density at radius 3 is 2.04 bits per heavy atom. The van der Waals surface area contributed by atoms with E-state index in [9.17, 15) is 15.0 Å². The van der Waals surface area contributed by atoms with Crippen LogP contribution in [-0.2, 0) is 4.79 Å². The minimum absolute atomic E-state index is 0.0623. The average Bonchev–Trinajstić information content (AvgIpc) is 2.71. The van der Waals surface area contributed by atoms with Crippen LogP contribution in [0.2, 0.25) is 0 Å². The normalized spacial score (nSPS) is 11.4. The number of rotatable bonds is 8. The van der Waals surface area contributed by atoms with Gasteiger partial charge in [-0.3, -0.25) is 4.79 Å². The number of carbonyl (C=O) groups is 1. The van der Waals surface area contributed by atoms with Crippen molar-refractivity contribution in [1.29, 1.82) is 0 Å². The summed E-state index contributed by atoms with van der Waals surface area (Å²) in [5, 5.41) is 19.7. The first kappa shape index (κ1) is 20.7. The largest absolute Gasteiger partial charge is 0.507 e. The van der Waals surface area contributed by atoms with Crippen molar-refractivity contribution in [3.63, 3.8) is 0 Å². The summed E-state index contributed by atoms with van der Waals surface area (Å²) in [6.07, 6.45) is 3.93. The molecular weight excluding hydrogens is 364 g/mol. The fourth-order valence-electron chi connectivity index (χ4n) is 2.48. The van der Waals surface area contributed by atoms with E-state index in [0.29, 0.717) is 28.4 Å². The Morgan fingerprint density at radius 2 is 1.50 bits per heavy atom. The van der Waals surface area contributed by atoms with Crippen LogP contribution in [0.3, 0.4) is 0 Å². The van der Waals surface area contributed by atoms with Crippen LogP contribution in [0.25, 0.3) is 11.8 Å².